The van der Waals surface area contributed by atoms with E-state index in [-0.39, 0.29) is 33.8 Å². The first-order valence-electron chi connectivity index (χ1n) is 11.3. The highest BCUT2D eigenvalue weighted by atomic mass is 16.5. The predicted molar refractivity (Wildman–Crippen MR) is 142 cm³/mol. The van der Waals surface area contributed by atoms with Crippen LogP contribution in [0.5, 0.6) is 17.2 Å². The molecule has 0 bridgehead atoms. The number of benzene rings is 4. The van der Waals surface area contributed by atoms with Crippen LogP contribution in [0.15, 0.2) is 94.9 Å². The fourth-order valence-corrected chi connectivity index (χ4v) is 3.41. The highest BCUT2D eigenvalue weighted by Crippen LogP contribution is 2.33. The van der Waals surface area contributed by atoms with Gasteiger partial charge in [0.15, 0.2) is 0 Å². The number of aliphatic imine (C=N–C) groups is 2. The number of carboxylic acids is 2. The van der Waals surface area contributed by atoms with Gasteiger partial charge in [-0.3, -0.25) is 9.98 Å². The van der Waals surface area contributed by atoms with Crippen molar-refractivity contribution in [2.24, 2.45) is 9.98 Å². The SMILES string of the molecule is O=C(O)c1ccc(O)c(C=Nc2ccc(OCc3ccccc3)cc2N=Cc2cc(C(=O)O)ccc2O)c1. The number of phenols is 2. The molecule has 4 aromatic rings. The molecule has 190 valence electrons. The molecule has 0 aliphatic rings. The quantitative estimate of drug-likeness (QED) is 0.215. The lowest BCUT2D eigenvalue weighted by molar-refractivity contribution is 0.0686. The minimum atomic E-state index is -1.15. The number of carbonyl (C=O) groups is 2. The molecule has 9 nitrogen and oxygen atoms in total. The lowest BCUT2D eigenvalue weighted by Crippen LogP contribution is -1.97. The second kappa shape index (κ2) is 11.5. The van der Waals surface area contributed by atoms with Gasteiger partial charge in [0.2, 0.25) is 0 Å². The number of aromatic carboxylic acids is 2. The third kappa shape index (κ3) is 6.41. The molecule has 0 aliphatic carbocycles. The number of aromatic hydroxyl groups is 2. The first-order chi connectivity index (χ1) is 18.3. The summed E-state index contributed by atoms with van der Waals surface area (Å²) in [6.45, 7) is 0.309. The largest absolute Gasteiger partial charge is 0.507 e. The number of hydrogen-bond acceptors (Lipinski definition) is 7. The monoisotopic (exact) mass is 510 g/mol. The van der Waals surface area contributed by atoms with Crippen molar-refractivity contribution < 1.29 is 34.8 Å². The molecule has 0 atom stereocenters. The first kappa shape index (κ1) is 25.6. The summed E-state index contributed by atoms with van der Waals surface area (Å²) in [7, 11) is 0. The molecule has 0 saturated heterocycles. The summed E-state index contributed by atoms with van der Waals surface area (Å²) in [5, 5.41) is 38.8. The van der Waals surface area contributed by atoms with Gasteiger partial charge in [0.1, 0.15) is 23.9 Å². The molecular weight excluding hydrogens is 488 g/mol. The van der Waals surface area contributed by atoms with E-state index < -0.39 is 11.9 Å². The van der Waals surface area contributed by atoms with Crippen LogP contribution in [0.25, 0.3) is 0 Å². The number of hydrogen-bond donors (Lipinski definition) is 4. The van der Waals surface area contributed by atoms with Crippen molar-refractivity contribution >= 4 is 35.7 Å². The maximum atomic E-state index is 11.3. The second-order valence-electron chi connectivity index (χ2n) is 8.10. The van der Waals surface area contributed by atoms with Crippen molar-refractivity contribution in [3.8, 4) is 17.2 Å². The average molecular weight is 511 g/mol. The highest BCUT2D eigenvalue weighted by Gasteiger charge is 2.10. The van der Waals surface area contributed by atoms with E-state index in [1.54, 1.807) is 18.2 Å². The molecule has 0 radical (unpaired) electrons. The van der Waals surface area contributed by atoms with Crippen molar-refractivity contribution in [3.05, 3.63) is 113 Å². The van der Waals surface area contributed by atoms with Crippen LogP contribution in [0.4, 0.5) is 11.4 Å². The van der Waals surface area contributed by atoms with E-state index in [4.69, 9.17) is 4.74 Å². The maximum Gasteiger partial charge on any atom is 0.335 e. The number of ether oxygens (including phenoxy) is 1. The standard InChI is InChI=1S/C29H22N2O7/c32-26-10-6-19(28(34)35)12-21(26)15-30-24-9-8-23(38-17-18-4-2-1-3-5-18)14-25(24)31-16-22-13-20(29(36)37)7-11-27(22)33/h1-16,32-33H,17H2,(H,34,35)(H,36,37). The summed E-state index contributed by atoms with van der Waals surface area (Å²) < 4.78 is 5.88. The Kier molecular flexibility index (Phi) is 7.78. The van der Waals surface area contributed by atoms with Crippen LogP contribution in [0, 0.1) is 0 Å². The normalized spacial score (nSPS) is 11.2. The van der Waals surface area contributed by atoms with Gasteiger partial charge in [-0.05, 0) is 54.1 Å². The molecule has 0 saturated carbocycles. The number of nitrogens with zero attached hydrogens (tertiary/aromatic N) is 2. The highest BCUT2D eigenvalue weighted by molar-refractivity contribution is 5.95. The summed E-state index contributed by atoms with van der Waals surface area (Å²) in [6.07, 6.45) is 2.61. The molecule has 38 heavy (non-hydrogen) atoms. The molecule has 0 aromatic heterocycles. The van der Waals surface area contributed by atoms with Gasteiger partial charge in [-0.2, -0.15) is 0 Å². The van der Waals surface area contributed by atoms with Crippen LogP contribution < -0.4 is 4.74 Å². The maximum absolute atomic E-state index is 11.3. The van der Waals surface area contributed by atoms with Gasteiger partial charge in [0.25, 0.3) is 0 Å². The van der Waals surface area contributed by atoms with E-state index in [0.717, 1.165) is 5.56 Å². The number of phenolic OH excluding ortho intramolecular Hbond substituents is 2. The summed E-state index contributed by atoms with van der Waals surface area (Å²) >= 11 is 0. The smallest absolute Gasteiger partial charge is 0.335 e. The molecule has 0 aliphatic heterocycles. The molecule has 4 rings (SSSR count). The van der Waals surface area contributed by atoms with E-state index in [2.05, 4.69) is 9.98 Å². The molecule has 4 N–H and O–H groups in total. The van der Waals surface area contributed by atoms with Crippen LogP contribution in [0.2, 0.25) is 0 Å². The van der Waals surface area contributed by atoms with E-state index in [1.165, 1.54) is 48.8 Å². The summed E-state index contributed by atoms with van der Waals surface area (Å²) in [6, 6.07) is 22.2. The van der Waals surface area contributed by atoms with Crippen LogP contribution in [0.1, 0.15) is 37.4 Å². The van der Waals surface area contributed by atoms with Crippen molar-refractivity contribution in [2.45, 2.75) is 6.61 Å². The van der Waals surface area contributed by atoms with Gasteiger partial charge in [0.05, 0.1) is 22.5 Å². The Morgan fingerprint density at radius 3 is 1.79 bits per heavy atom. The third-order valence-corrected chi connectivity index (χ3v) is 5.43. The zero-order chi connectivity index (χ0) is 27.1. The van der Waals surface area contributed by atoms with Gasteiger partial charge >= 0.3 is 11.9 Å². The van der Waals surface area contributed by atoms with Crippen LogP contribution in [-0.4, -0.2) is 44.8 Å². The molecular formula is C29H22N2O7. The second-order valence-corrected chi connectivity index (χ2v) is 8.10. The van der Waals surface area contributed by atoms with E-state index in [1.807, 2.05) is 30.3 Å². The van der Waals surface area contributed by atoms with E-state index in [0.29, 0.717) is 23.7 Å². The average Bonchev–Trinajstić information content (AvgIpc) is 2.91. The van der Waals surface area contributed by atoms with Crippen LogP contribution >= 0.6 is 0 Å². The fraction of sp³-hybridized carbons (Fsp3) is 0.0345. The molecule has 4 aromatic carbocycles. The van der Waals surface area contributed by atoms with Gasteiger partial charge in [-0.25, -0.2) is 9.59 Å². The van der Waals surface area contributed by atoms with Gasteiger partial charge < -0.3 is 25.2 Å². The Bertz CT molecular complexity index is 1550. The fourth-order valence-electron chi connectivity index (χ4n) is 3.41. The Hall–Kier alpha value is -5.44. The topological polar surface area (TPSA) is 149 Å². The summed E-state index contributed by atoms with van der Waals surface area (Å²) in [4.78, 5) is 31.4. The Labute approximate surface area is 217 Å². The first-order valence-corrected chi connectivity index (χ1v) is 11.3. The van der Waals surface area contributed by atoms with Gasteiger partial charge in [-0.1, -0.05) is 30.3 Å². The van der Waals surface area contributed by atoms with E-state index >= 15 is 0 Å². The Balaban J connectivity index is 1.69. The summed E-state index contributed by atoms with van der Waals surface area (Å²) in [5.74, 6) is -2.12. The van der Waals surface area contributed by atoms with Gasteiger partial charge in [0, 0.05) is 29.6 Å². The number of rotatable bonds is 9. The summed E-state index contributed by atoms with van der Waals surface area (Å²) in [5.41, 5.74) is 1.97. The minimum Gasteiger partial charge on any atom is -0.507 e. The molecule has 0 amide bonds. The lowest BCUT2D eigenvalue weighted by atomic mass is 10.1. The van der Waals surface area contributed by atoms with Crippen molar-refractivity contribution in [1.82, 2.24) is 0 Å². The Morgan fingerprint density at radius 2 is 1.24 bits per heavy atom. The van der Waals surface area contributed by atoms with Gasteiger partial charge in [-0.15, -0.1) is 0 Å². The van der Waals surface area contributed by atoms with Crippen LogP contribution in [0.3, 0.4) is 0 Å². The molecule has 0 unspecified atom stereocenters. The number of carboxylic acid groups (broad SMARTS) is 2. The van der Waals surface area contributed by atoms with Crippen molar-refractivity contribution in [1.29, 1.82) is 0 Å². The minimum absolute atomic E-state index is 0.0130. The third-order valence-electron chi connectivity index (χ3n) is 5.43. The van der Waals surface area contributed by atoms with Crippen molar-refractivity contribution in [2.75, 3.05) is 0 Å². The van der Waals surface area contributed by atoms with E-state index in [9.17, 15) is 30.0 Å². The zero-order valence-corrected chi connectivity index (χ0v) is 19.9. The molecule has 0 fully saturated rings. The lowest BCUT2D eigenvalue weighted by Gasteiger charge is -2.09. The molecule has 0 heterocycles. The molecule has 9 heteroatoms. The molecule has 0 spiro atoms. The zero-order valence-electron chi connectivity index (χ0n) is 19.9. The van der Waals surface area contributed by atoms with Crippen LogP contribution in [-0.2, 0) is 6.61 Å². The van der Waals surface area contributed by atoms with Crippen molar-refractivity contribution in [3.63, 3.8) is 0 Å². The Morgan fingerprint density at radius 1 is 0.684 bits per heavy atom. The predicted octanol–water partition coefficient (Wildman–Crippen LogP) is 5.57.